The molecular formula is C17H30O5Si. The van der Waals surface area contributed by atoms with Crippen molar-refractivity contribution >= 4 is 14.8 Å². The fraction of sp³-hybridized carbons (Fsp3) is 0.824. The minimum absolute atomic E-state index is 0.187. The zero-order chi connectivity index (χ0) is 16.9. The van der Waals surface area contributed by atoms with Crippen molar-refractivity contribution in [1.29, 1.82) is 0 Å². The molecule has 23 heavy (non-hydrogen) atoms. The predicted octanol–water partition coefficient (Wildman–Crippen LogP) is 3.48. The van der Waals surface area contributed by atoms with Crippen LogP contribution in [0, 0.1) is 17.3 Å². The van der Waals surface area contributed by atoms with Crippen molar-refractivity contribution in [2.24, 2.45) is 17.3 Å². The summed E-state index contributed by atoms with van der Waals surface area (Å²) in [5.74, 6) is -0.0121. The maximum atomic E-state index is 11.9. The Balaban J connectivity index is 2.00. The molecule has 0 aromatic carbocycles. The van der Waals surface area contributed by atoms with Crippen molar-refractivity contribution in [3.63, 3.8) is 0 Å². The molecule has 2 bridgehead atoms. The maximum Gasteiger partial charge on any atom is 0.500 e. The molecule has 2 aliphatic carbocycles. The van der Waals surface area contributed by atoms with Gasteiger partial charge in [-0.05, 0) is 58.3 Å². The van der Waals surface area contributed by atoms with Crippen LogP contribution in [0.3, 0.4) is 0 Å². The Kier molecular flexibility index (Phi) is 6.42. The van der Waals surface area contributed by atoms with E-state index in [1.165, 1.54) is 0 Å². The number of hydrogen-bond donors (Lipinski definition) is 1. The van der Waals surface area contributed by atoms with Crippen LogP contribution in [0.4, 0.5) is 0 Å². The molecule has 0 aliphatic heterocycles. The third-order valence-electron chi connectivity index (χ3n) is 5.13. The monoisotopic (exact) mass is 342 g/mol. The summed E-state index contributed by atoms with van der Waals surface area (Å²) in [4.78, 5) is 11.9. The Hall–Kier alpha value is -0.693. The molecule has 0 aromatic heterocycles. The lowest BCUT2D eigenvalue weighted by molar-refractivity contribution is -0.151. The number of rotatable bonds is 11. The van der Waals surface area contributed by atoms with Gasteiger partial charge >= 0.3 is 14.8 Å². The molecular weight excluding hydrogens is 312 g/mol. The Labute approximate surface area is 140 Å². The van der Waals surface area contributed by atoms with Crippen LogP contribution in [0.25, 0.3) is 0 Å². The van der Waals surface area contributed by atoms with E-state index in [1.54, 1.807) is 0 Å². The molecule has 3 unspecified atom stereocenters. The van der Waals surface area contributed by atoms with Crippen LogP contribution in [0.2, 0.25) is 6.04 Å². The third kappa shape index (κ3) is 3.87. The second-order valence-corrected chi connectivity index (χ2v) is 9.22. The summed E-state index contributed by atoms with van der Waals surface area (Å²) in [6.45, 7) is 7.51. The Morgan fingerprint density at radius 2 is 1.78 bits per heavy atom. The molecule has 0 aromatic rings. The molecule has 6 heteroatoms. The zero-order valence-electron chi connectivity index (χ0n) is 14.5. The summed E-state index contributed by atoms with van der Waals surface area (Å²) in [6, 6.07) is 0.693. The summed E-state index contributed by atoms with van der Waals surface area (Å²) in [7, 11) is -2.67. The first-order valence-corrected chi connectivity index (χ1v) is 10.8. The average molecular weight is 343 g/mol. The number of fused-ring (bicyclic) bond motifs is 2. The first-order valence-electron chi connectivity index (χ1n) is 8.85. The second-order valence-electron chi connectivity index (χ2n) is 6.49. The SMILES string of the molecule is CCO[Si](CCCC1(C(=O)O)CC2C=CC1C2)(OCC)OCC. The molecule has 0 saturated heterocycles. The molecule has 132 valence electrons. The van der Waals surface area contributed by atoms with Crippen LogP contribution < -0.4 is 0 Å². The second kappa shape index (κ2) is 7.92. The lowest BCUT2D eigenvalue weighted by atomic mass is 9.72. The molecule has 0 spiro atoms. The van der Waals surface area contributed by atoms with E-state index in [-0.39, 0.29) is 5.92 Å². The highest BCUT2D eigenvalue weighted by molar-refractivity contribution is 6.60. The highest BCUT2D eigenvalue weighted by Crippen LogP contribution is 2.55. The normalized spacial score (nSPS) is 29.3. The number of carboxylic acid groups (broad SMARTS) is 1. The maximum absolute atomic E-state index is 11.9. The summed E-state index contributed by atoms with van der Waals surface area (Å²) in [5, 5.41) is 9.81. The van der Waals surface area contributed by atoms with Crippen LogP contribution in [0.1, 0.15) is 46.5 Å². The molecule has 1 N–H and O–H groups in total. The van der Waals surface area contributed by atoms with Crippen molar-refractivity contribution in [3.05, 3.63) is 12.2 Å². The highest BCUT2D eigenvalue weighted by atomic mass is 28.4. The molecule has 1 fully saturated rings. The fourth-order valence-corrected chi connectivity index (χ4v) is 6.83. The number of carboxylic acids is 1. The summed E-state index contributed by atoms with van der Waals surface area (Å²) < 4.78 is 17.6. The molecule has 0 heterocycles. The first-order chi connectivity index (χ1) is 11.0. The summed E-state index contributed by atoms with van der Waals surface area (Å²) in [6.07, 6.45) is 7.52. The molecule has 0 amide bonds. The fourth-order valence-electron chi connectivity index (χ4n) is 4.22. The first kappa shape index (κ1) is 18.6. The van der Waals surface area contributed by atoms with E-state index in [4.69, 9.17) is 13.3 Å². The predicted molar refractivity (Wildman–Crippen MR) is 90.1 cm³/mol. The molecule has 3 atom stereocenters. The van der Waals surface area contributed by atoms with Gasteiger partial charge in [0, 0.05) is 25.9 Å². The van der Waals surface area contributed by atoms with Gasteiger partial charge in [0.2, 0.25) is 0 Å². The van der Waals surface area contributed by atoms with Crippen LogP contribution in [0.5, 0.6) is 0 Å². The summed E-state index contributed by atoms with van der Waals surface area (Å²) >= 11 is 0. The lowest BCUT2D eigenvalue weighted by Gasteiger charge is -2.33. The smallest absolute Gasteiger partial charge is 0.481 e. The molecule has 1 saturated carbocycles. The summed E-state index contributed by atoms with van der Waals surface area (Å²) in [5.41, 5.74) is -0.593. The van der Waals surface area contributed by atoms with Crippen molar-refractivity contribution in [2.45, 2.75) is 52.5 Å². The molecule has 2 aliphatic rings. The Morgan fingerprint density at radius 3 is 2.17 bits per heavy atom. The van der Waals surface area contributed by atoms with Crippen LogP contribution in [-0.2, 0) is 18.1 Å². The highest BCUT2D eigenvalue weighted by Gasteiger charge is 2.53. The van der Waals surface area contributed by atoms with E-state index in [2.05, 4.69) is 12.2 Å². The van der Waals surface area contributed by atoms with Crippen molar-refractivity contribution in [1.82, 2.24) is 0 Å². The third-order valence-corrected chi connectivity index (χ3v) is 8.28. The minimum Gasteiger partial charge on any atom is -0.481 e. The van der Waals surface area contributed by atoms with Gasteiger partial charge in [0.15, 0.2) is 0 Å². The average Bonchev–Trinajstić information content (AvgIpc) is 3.09. The van der Waals surface area contributed by atoms with Crippen LogP contribution >= 0.6 is 0 Å². The topological polar surface area (TPSA) is 65.0 Å². The van der Waals surface area contributed by atoms with Crippen LogP contribution in [0.15, 0.2) is 12.2 Å². The van der Waals surface area contributed by atoms with Crippen molar-refractivity contribution in [3.8, 4) is 0 Å². The number of allylic oxidation sites excluding steroid dienone is 2. The number of carbonyl (C=O) groups is 1. The molecule has 0 radical (unpaired) electrons. The zero-order valence-corrected chi connectivity index (χ0v) is 15.5. The van der Waals surface area contributed by atoms with Crippen molar-refractivity contribution < 1.29 is 23.2 Å². The Bertz CT molecular complexity index is 422. The van der Waals surface area contributed by atoms with Gasteiger partial charge < -0.3 is 18.4 Å². The van der Waals surface area contributed by atoms with Crippen molar-refractivity contribution in [2.75, 3.05) is 19.8 Å². The largest absolute Gasteiger partial charge is 0.500 e. The van der Waals surface area contributed by atoms with Gasteiger partial charge in [0.05, 0.1) is 5.41 Å². The van der Waals surface area contributed by atoms with Gasteiger partial charge in [-0.3, -0.25) is 4.79 Å². The van der Waals surface area contributed by atoms with E-state index >= 15 is 0 Å². The minimum atomic E-state index is -2.67. The van der Waals surface area contributed by atoms with E-state index in [1.807, 2.05) is 20.8 Å². The lowest BCUT2D eigenvalue weighted by Crippen LogP contribution is -2.46. The van der Waals surface area contributed by atoms with Gasteiger partial charge in [0.25, 0.3) is 0 Å². The van der Waals surface area contributed by atoms with E-state index < -0.39 is 20.2 Å². The van der Waals surface area contributed by atoms with E-state index in [0.29, 0.717) is 38.2 Å². The van der Waals surface area contributed by atoms with Crippen LogP contribution in [-0.4, -0.2) is 39.7 Å². The quantitative estimate of drug-likeness (QED) is 0.460. The Morgan fingerprint density at radius 1 is 1.17 bits per heavy atom. The molecule has 5 nitrogen and oxygen atoms in total. The number of aliphatic carboxylic acids is 1. The van der Waals surface area contributed by atoms with Gasteiger partial charge in [-0.25, -0.2) is 0 Å². The van der Waals surface area contributed by atoms with E-state index in [0.717, 1.165) is 19.3 Å². The van der Waals surface area contributed by atoms with Gasteiger partial charge in [0.1, 0.15) is 0 Å². The number of hydrogen-bond acceptors (Lipinski definition) is 4. The van der Waals surface area contributed by atoms with Gasteiger partial charge in [-0.15, -0.1) is 0 Å². The van der Waals surface area contributed by atoms with E-state index in [9.17, 15) is 9.90 Å². The van der Waals surface area contributed by atoms with Gasteiger partial charge in [-0.1, -0.05) is 12.2 Å². The molecule has 2 rings (SSSR count). The van der Waals surface area contributed by atoms with Gasteiger partial charge in [-0.2, -0.15) is 0 Å². The standard InChI is InChI=1S/C17H30O5Si/c1-4-20-23(21-5-2,22-6-3)11-7-10-17(16(18)19)13-14-8-9-15(17)12-14/h8-9,14-15H,4-7,10-13H2,1-3H3,(H,18,19).